The Balaban J connectivity index is 3.50. The van der Waals surface area contributed by atoms with Crippen LogP contribution in [0.1, 0.15) is 65.2 Å². The fourth-order valence-corrected chi connectivity index (χ4v) is 2.76. The third-order valence-corrected chi connectivity index (χ3v) is 4.90. The molecular weight excluding hydrogens is 283 g/mol. The Morgan fingerprint density at radius 3 is 1.90 bits per heavy atom. The Morgan fingerprint density at radius 1 is 1.00 bits per heavy atom. The average Bonchev–Trinajstić information content (AvgIpc) is 2.28. The van der Waals surface area contributed by atoms with E-state index >= 15 is 0 Å². The predicted octanol–water partition coefficient (Wildman–Crippen LogP) is 4.74. The van der Waals surface area contributed by atoms with E-state index in [1.165, 1.54) is 5.56 Å². The van der Waals surface area contributed by atoms with Gasteiger partial charge in [-0.2, -0.15) is 9.79 Å². The van der Waals surface area contributed by atoms with Gasteiger partial charge in [-0.15, -0.1) is 0 Å². The molecule has 3 nitrogen and oxygen atoms in total. The lowest BCUT2D eigenvalue weighted by Crippen LogP contribution is -2.19. The number of aryl methyl sites for hydroxylation is 1. The molecule has 1 aromatic carbocycles. The molecule has 0 heterocycles. The van der Waals surface area contributed by atoms with Crippen LogP contribution < -0.4 is 4.52 Å². The molecule has 0 fully saturated rings. The van der Waals surface area contributed by atoms with E-state index in [1.807, 2.05) is 6.92 Å². The van der Waals surface area contributed by atoms with Gasteiger partial charge in [0.05, 0.1) is 0 Å². The quantitative estimate of drug-likeness (QED) is 0.793. The van der Waals surface area contributed by atoms with Gasteiger partial charge in [0.15, 0.2) is 5.75 Å². The van der Waals surface area contributed by atoms with E-state index in [-0.39, 0.29) is 17.0 Å². The molecule has 0 radical (unpaired) electrons. The minimum Gasteiger partial charge on any atom is -0.287 e. The summed E-state index contributed by atoms with van der Waals surface area (Å²) in [5.74, 6) is 0.621. The molecule has 1 rings (SSSR count). The monoisotopic (exact) mass is 313 g/mol. The third kappa shape index (κ3) is 4.67. The first-order valence-electron chi connectivity index (χ1n) is 7.46. The smallest absolute Gasteiger partial charge is 0.287 e. The van der Waals surface area contributed by atoms with Crippen LogP contribution in [0.2, 0.25) is 0 Å². The number of benzene rings is 1. The SMILES string of the molecule is CC[P+](O)(O)Oc1c(C)cc(C(C)(C)C)cc1C(C)(C)C. The van der Waals surface area contributed by atoms with E-state index in [1.54, 1.807) is 6.92 Å². The molecule has 0 aliphatic carbocycles. The molecule has 0 amide bonds. The van der Waals surface area contributed by atoms with Crippen molar-refractivity contribution in [3.63, 3.8) is 0 Å². The van der Waals surface area contributed by atoms with Crippen molar-refractivity contribution in [1.29, 1.82) is 0 Å². The van der Waals surface area contributed by atoms with Crippen LogP contribution in [-0.2, 0) is 10.8 Å². The number of hydrogen-bond acceptors (Lipinski definition) is 3. The molecule has 0 atom stereocenters. The predicted molar refractivity (Wildman–Crippen MR) is 91.1 cm³/mol. The Bertz CT molecular complexity index is 508. The molecule has 0 saturated heterocycles. The first-order valence-corrected chi connectivity index (χ1v) is 9.26. The highest BCUT2D eigenvalue weighted by molar-refractivity contribution is 7.59. The molecule has 2 N–H and O–H groups in total. The summed E-state index contributed by atoms with van der Waals surface area (Å²) < 4.78 is 5.63. The summed E-state index contributed by atoms with van der Waals surface area (Å²) in [7, 11) is -3.32. The Kier molecular flexibility index (Phi) is 5.15. The van der Waals surface area contributed by atoms with Crippen LogP contribution in [-0.4, -0.2) is 15.9 Å². The van der Waals surface area contributed by atoms with Crippen LogP contribution in [0.15, 0.2) is 12.1 Å². The van der Waals surface area contributed by atoms with Gasteiger partial charge in [-0.25, -0.2) is 0 Å². The minimum atomic E-state index is -3.32. The van der Waals surface area contributed by atoms with Crippen LogP contribution >= 0.6 is 7.94 Å². The lowest BCUT2D eigenvalue weighted by atomic mass is 9.79. The molecule has 4 heteroatoms. The Hall–Kier alpha value is -0.630. The molecule has 0 aromatic heterocycles. The molecule has 0 aliphatic rings. The molecule has 21 heavy (non-hydrogen) atoms. The third-order valence-electron chi connectivity index (χ3n) is 3.60. The zero-order valence-corrected chi connectivity index (χ0v) is 15.5. The summed E-state index contributed by atoms with van der Waals surface area (Å²) in [6.45, 7) is 16.6. The number of hydrogen-bond donors (Lipinski definition) is 2. The van der Waals surface area contributed by atoms with Crippen molar-refractivity contribution in [2.24, 2.45) is 0 Å². The van der Waals surface area contributed by atoms with Crippen LogP contribution in [0.25, 0.3) is 0 Å². The molecular formula is C17H30O3P+. The maximum atomic E-state index is 9.96. The topological polar surface area (TPSA) is 49.7 Å². The van der Waals surface area contributed by atoms with E-state index in [9.17, 15) is 9.79 Å². The summed E-state index contributed by atoms with van der Waals surface area (Å²) in [6, 6.07) is 4.22. The first kappa shape index (κ1) is 18.4. The maximum Gasteiger partial charge on any atom is 0.451 e. The normalized spacial score (nSPS) is 13.4. The first-order chi connectivity index (χ1) is 9.28. The largest absolute Gasteiger partial charge is 0.451 e. The van der Waals surface area contributed by atoms with Gasteiger partial charge in [-0.3, -0.25) is 4.52 Å². The summed E-state index contributed by atoms with van der Waals surface area (Å²) in [6.07, 6.45) is 0.219. The molecule has 0 spiro atoms. The van der Waals surface area contributed by atoms with Gasteiger partial charge in [0, 0.05) is 5.56 Å². The van der Waals surface area contributed by atoms with Gasteiger partial charge in [0.25, 0.3) is 0 Å². The Labute approximate surface area is 129 Å². The second-order valence-corrected chi connectivity index (χ2v) is 9.89. The van der Waals surface area contributed by atoms with Crippen molar-refractivity contribution >= 4 is 7.94 Å². The van der Waals surface area contributed by atoms with Crippen molar-refractivity contribution in [2.45, 2.75) is 66.2 Å². The standard InChI is InChI=1S/C17H30O3P/c1-9-21(18,19)20-15-12(2)10-13(16(3,4)5)11-14(15)17(6,7)8/h10-11,18-19H,9H2,1-8H3/q+1. The van der Waals surface area contributed by atoms with Gasteiger partial charge >= 0.3 is 7.94 Å². The molecule has 0 saturated carbocycles. The van der Waals surface area contributed by atoms with E-state index in [0.29, 0.717) is 5.75 Å². The van der Waals surface area contributed by atoms with Crippen molar-refractivity contribution in [2.75, 3.05) is 6.16 Å². The zero-order valence-electron chi connectivity index (χ0n) is 14.6. The summed E-state index contributed by atoms with van der Waals surface area (Å²) >= 11 is 0. The Morgan fingerprint density at radius 2 is 1.52 bits per heavy atom. The highest BCUT2D eigenvalue weighted by Crippen LogP contribution is 2.53. The van der Waals surface area contributed by atoms with E-state index in [4.69, 9.17) is 4.52 Å². The molecule has 120 valence electrons. The summed E-state index contributed by atoms with van der Waals surface area (Å²) in [4.78, 5) is 19.9. The molecule has 0 unspecified atom stereocenters. The molecule has 1 aromatic rings. The van der Waals surface area contributed by atoms with Crippen LogP contribution in [0, 0.1) is 6.92 Å². The summed E-state index contributed by atoms with van der Waals surface area (Å²) in [5, 5.41) is 0. The number of rotatable bonds is 3. The molecule has 0 aliphatic heterocycles. The zero-order chi connectivity index (χ0) is 16.6. The average molecular weight is 313 g/mol. The van der Waals surface area contributed by atoms with Crippen LogP contribution in [0.5, 0.6) is 5.75 Å². The fraction of sp³-hybridized carbons (Fsp3) is 0.647. The van der Waals surface area contributed by atoms with E-state index in [0.717, 1.165) is 11.1 Å². The van der Waals surface area contributed by atoms with E-state index in [2.05, 4.69) is 53.7 Å². The second-order valence-electron chi connectivity index (χ2n) is 7.74. The highest BCUT2D eigenvalue weighted by Gasteiger charge is 2.37. The lowest BCUT2D eigenvalue weighted by molar-refractivity contribution is 0.335. The van der Waals surface area contributed by atoms with Gasteiger partial charge in [-0.1, -0.05) is 53.7 Å². The molecule has 0 bridgehead atoms. The second kappa shape index (κ2) is 5.87. The van der Waals surface area contributed by atoms with Crippen molar-refractivity contribution in [3.05, 3.63) is 28.8 Å². The van der Waals surface area contributed by atoms with Crippen LogP contribution in [0.4, 0.5) is 0 Å². The van der Waals surface area contributed by atoms with E-state index < -0.39 is 7.94 Å². The van der Waals surface area contributed by atoms with Gasteiger partial charge in [0.2, 0.25) is 0 Å². The fourth-order valence-electron chi connectivity index (χ4n) is 2.10. The highest BCUT2D eigenvalue weighted by atomic mass is 31.2. The van der Waals surface area contributed by atoms with Gasteiger partial charge < -0.3 is 0 Å². The van der Waals surface area contributed by atoms with Gasteiger partial charge in [0.1, 0.15) is 6.16 Å². The lowest BCUT2D eigenvalue weighted by Gasteiger charge is -2.28. The van der Waals surface area contributed by atoms with Crippen molar-refractivity contribution < 1.29 is 14.3 Å². The van der Waals surface area contributed by atoms with Crippen LogP contribution in [0.3, 0.4) is 0 Å². The minimum absolute atomic E-state index is 0.0404. The van der Waals surface area contributed by atoms with Gasteiger partial charge in [-0.05, 0) is 35.8 Å². The van der Waals surface area contributed by atoms with Crippen molar-refractivity contribution in [3.8, 4) is 5.75 Å². The maximum absolute atomic E-state index is 9.96. The summed E-state index contributed by atoms with van der Waals surface area (Å²) in [5.41, 5.74) is 3.11. The van der Waals surface area contributed by atoms with Crippen molar-refractivity contribution in [1.82, 2.24) is 0 Å².